The summed E-state index contributed by atoms with van der Waals surface area (Å²) in [5.74, 6) is 1.08. The minimum absolute atomic E-state index is 0.0611. The lowest BCUT2D eigenvalue weighted by atomic mass is 9.66. The molecule has 2 aliphatic rings. The minimum atomic E-state index is -0.165. The van der Waals surface area contributed by atoms with Gasteiger partial charge in [0, 0.05) is 11.8 Å². The molecule has 1 fully saturated rings. The Labute approximate surface area is 191 Å². The summed E-state index contributed by atoms with van der Waals surface area (Å²) in [6.45, 7) is 4.42. The average Bonchev–Trinajstić information content (AvgIpc) is 3.26. The van der Waals surface area contributed by atoms with Crippen molar-refractivity contribution in [2.24, 2.45) is 0 Å². The van der Waals surface area contributed by atoms with E-state index >= 15 is 0 Å². The highest BCUT2D eigenvalue weighted by Crippen LogP contribution is 2.45. The SMILES string of the molecule is CC1(C)CC(c2ccccc2)Nc2c(C(=O)CC3(c4ccccc4)CCCCC3)cnn21. The van der Waals surface area contributed by atoms with Gasteiger partial charge in [-0.25, -0.2) is 4.68 Å². The number of aromatic nitrogens is 2. The summed E-state index contributed by atoms with van der Waals surface area (Å²) < 4.78 is 2.02. The van der Waals surface area contributed by atoms with E-state index in [1.807, 2.05) is 10.7 Å². The molecule has 4 nitrogen and oxygen atoms in total. The largest absolute Gasteiger partial charge is 0.363 e. The molecule has 166 valence electrons. The van der Waals surface area contributed by atoms with E-state index in [0.29, 0.717) is 6.42 Å². The van der Waals surface area contributed by atoms with Gasteiger partial charge in [0.2, 0.25) is 0 Å². The molecule has 32 heavy (non-hydrogen) atoms. The van der Waals surface area contributed by atoms with E-state index in [9.17, 15) is 4.79 Å². The van der Waals surface area contributed by atoms with Crippen molar-refractivity contribution in [3.05, 3.63) is 83.6 Å². The monoisotopic (exact) mass is 427 g/mol. The van der Waals surface area contributed by atoms with E-state index in [1.54, 1.807) is 6.20 Å². The second kappa shape index (κ2) is 8.23. The number of benzene rings is 2. The van der Waals surface area contributed by atoms with Crippen LogP contribution in [0.15, 0.2) is 66.9 Å². The molecule has 1 N–H and O–H groups in total. The third-order valence-corrected chi connectivity index (χ3v) is 7.56. The molecule has 1 atom stereocenters. The molecule has 2 aromatic carbocycles. The van der Waals surface area contributed by atoms with E-state index in [0.717, 1.165) is 30.6 Å². The van der Waals surface area contributed by atoms with Gasteiger partial charge >= 0.3 is 0 Å². The lowest BCUT2D eigenvalue weighted by molar-refractivity contribution is 0.0930. The van der Waals surface area contributed by atoms with Crippen molar-refractivity contribution in [1.29, 1.82) is 0 Å². The molecule has 0 bridgehead atoms. The fourth-order valence-electron chi connectivity index (χ4n) is 5.83. The highest BCUT2D eigenvalue weighted by atomic mass is 16.1. The predicted octanol–water partition coefficient (Wildman–Crippen LogP) is 6.65. The zero-order chi connectivity index (χ0) is 22.2. The number of ketones is 1. The third-order valence-electron chi connectivity index (χ3n) is 7.56. The minimum Gasteiger partial charge on any atom is -0.363 e. The number of nitrogens with one attached hydrogen (secondary N) is 1. The van der Waals surface area contributed by atoms with Gasteiger partial charge in [-0.1, -0.05) is 79.9 Å². The number of Topliss-reactive ketones (excluding diaryl/α,β-unsaturated/α-hetero) is 1. The normalized spacial score (nSPS) is 21.4. The van der Waals surface area contributed by atoms with E-state index in [4.69, 9.17) is 0 Å². The van der Waals surface area contributed by atoms with Crippen molar-refractivity contribution in [1.82, 2.24) is 9.78 Å². The molecule has 4 heteroatoms. The number of nitrogens with zero attached hydrogens (tertiary/aromatic N) is 2. The highest BCUT2D eigenvalue weighted by molar-refractivity contribution is 6.01. The quantitative estimate of drug-likeness (QED) is 0.464. The van der Waals surface area contributed by atoms with Crippen molar-refractivity contribution in [2.75, 3.05) is 5.32 Å². The van der Waals surface area contributed by atoms with Gasteiger partial charge in [0.1, 0.15) is 5.82 Å². The molecule has 1 saturated carbocycles. The molecule has 1 aromatic heterocycles. The van der Waals surface area contributed by atoms with Gasteiger partial charge in [-0.2, -0.15) is 5.10 Å². The van der Waals surface area contributed by atoms with Crippen LogP contribution >= 0.6 is 0 Å². The number of hydrogen-bond acceptors (Lipinski definition) is 3. The topological polar surface area (TPSA) is 46.9 Å². The first-order valence-electron chi connectivity index (χ1n) is 12.0. The summed E-state index contributed by atoms with van der Waals surface area (Å²) in [4.78, 5) is 13.8. The molecule has 1 unspecified atom stereocenters. The van der Waals surface area contributed by atoms with E-state index in [1.165, 1.54) is 30.4 Å². The maximum absolute atomic E-state index is 13.8. The van der Waals surface area contributed by atoms with E-state index in [2.05, 4.69) is 78.9 Å². The molecule has 1 aliphatic heterocycles. The van der Waals surface area contributed by atoms with Crippen LogP contribution in [0.2, 0.25) is 0 Å². The van der Waals surface area contributed by atoms with Gasteiger partial charge in [-0.3, -0.25) is 4.79 Å². The predicted molar refractivity (Wildman–Crippen MR) is 129 cm³/mol. The van der Waals surface area contributed by atoms with Crippen molar-refractivity contribution in [3.8, 4) is 0 Å². The number of hydrogen-bond donors (Lipinski definition) is 1. The van der Waals surface area contributed by atoms with Gasteiger partial charge in [-0.05, 0) is 44.2 Å². The zero-order valence-electron chi connectivity index (χ0n) is 19.2. The molecule has 0 amide bonds. The van der Waals surface area contributed by atoms with Crippen molar-refractivity contribution in [2.45, 2.75) is 75.8 Å². The summed E-state index contributed by atoms with van der Waals surface area (Å²) in [7, 11) is 0. The molecular weight excluding hydrogens is 394 g/mol. The molecule has 1 aliphatic carbocycles. The van der Waals surface area contributed by atoms with E-state index < -0.39 is 0 Å². The number of fused-ring (bicyclic) bond motifs is 1. The van der Waals surface area contributed by atoms with Crippen molar-refractivity contribution >= 4 is 11.6 Å². The van der Waals surface area contributed by atoms with Gasteiger partial charge in [0.25, 0.3) is 0 Å². The number of carbonyl (C=O) groups excluding carboxylic acids is 1. The number of anilines is 1. The van der Waals surface area contributed by atoms with Crippen LogP contribution in [0.4, 0.5) is 5.82 Å². The average molecular weight is 428 g/mol. The lowest BCUT2D eigenvalue weighted by Gasteiger charge is -2.39. The third kappa shape index (κ3) is 3.76. The van der Waals surface area contributed by atoms with Crippen LogP contribution in [-0.2, 0) is 11.0 Å². The summed E-state index contributed by atoms with van der Waals surface area (Å²) in [6.07, 6.45) is 9.07. The Morgan fingerprint density at radius 2 is 1.66 bits per heavy atom. The second-order valence-corrected chi connectivity index (χ2v) is 10.2. The van der Waals surface area contributed by atoms with Crippen LogP contribution in [0.1, 0.15) is 86.3 Å². The molecule has 3 aromatic rings. The smallest absolute Gasteiger partial charge is 0.169 e. The standard InChI is InChI=1S/C28H33N3O/c1-27(2)18-24(21-12-6-3-7-13-21)30-26-23(20-29-31(26)27)25(32)19-28(16-10-5-11-17-28)22-14-8-4-9-15-22/h3-4,6-9,12-15,20,24,30H,5,10-11,16-19H2,1-2H3. The summed E-state index contributed by atoms with van der Waals surface area (Å²) >= 11 is 0. The lowest BCUT2D eigenvalue weighted by Crippen LogP contribution is -2.38. The van der Waals surface area contributed by atoms with Crippen LogP contribution < -0.4 is 5.32 Å². The van der Waals surface area contributed by atoms with Crippen LogP contribution in [-0.4, -0.2) is 15.6 Å². The summed E-state index contributed by atoms with van der Waals surface area (Å²) in [6, 6.07) is 21.4. The van der Waals surface area contributed by atoms with Crippen LogP contribution in [0.5, 0.6) is 0 Å². The fourth-order valence-corrected chi connectivity index (χ4v) is 5.83. The second-order valence-electron chi connectivity index (χ2n) is 10.2. The highest BCUT2D eigenvalue weighted by Gasteiger charge is 2.40. The first kappa shape index (κ1) is 21.0. The van der Waals surface area contributed by atoms with E-state index in [-0.39, 0.29) is 22.8 Å². The summed E-state index contributed by atoms with van der Waals surface area (Å²) in [5.41, 5.74) is 3.07. The fraction of sp³-hybridized carbons (Fsp3) is 0.429. The summed E-state index contributed by atoms with van der Waals surface area (Å²) in [5, 5.41) is 8.35. The Bertz CT molecular complexity index is 1080. The van der Waals surface area contributed by atoms with Gasteiger partial charge in [0.15, 0.2) is 5.78 Å². The van der Waals surface area contributed by atoms with Crippen molar-refractivity contribution in [3.63, 3.8) is 0 Å². The number of carbonyl (C=O) groups is 1. The Hall–Kier alpha value is -2.88. The molecule has 0 saturated heterocycles. The van der Waals surface area contributed by atoms with Gasteiger partial charge in [-0.15, -0.1) is 0 Å². The molecule has 5 rings (SSSR count). The molecule has 2 heterocycles. The Kier molecular flexibility index (Phi) is 5.40. The van der Waals surface area contributed by atoms with Crippen molar-refractivity contribution < 1.29 is 4.79 Å². The first-order chi connectivity index (χ1) is 15.5. The molecular formula is C28H33N3O. The Morgan fingerprint density at radius 3 is 2.34 bits per heavy atom. The van der Waals surface area contributed by atoms with Gasteiger partial charge in [0.05, 0.1) is 23.3 Å². The molecule has 0 spiro atoms. The maximum atomic E-state index is 13.8. The maximum Gasteiger partial charge on any atom is 0.169 e. The zero-order valence-corrected chi connectivity index (χ0v) is 19.2. The Morgan fingerprint density at radius 1 is 1.00 bits per heavy atom. The first-order valence-corrected chi connectivity index (χ1v) is 12.0. The molecule has 0 radical (unpaired) electrons. The van der Waals surface area contributed by atoms with Gasteiger partial charge < -0.3 is 5.32 Å². The Balaban J connectivity index is 1.47. The van der Waals surface area contributed by atoms with Crippen LogP contribution in [0, 0.1) is 0 Å². The van der Waals surface area contributed by atoms with Crippen LogP contribution in [0.3, 0.4) is 0 Å². The number of rotatable bonds is 5. The van der Waals surface area contributed by atoms with Crippen LogP contribution in [0.25, 0.3) is 0 Å².